The minimum absolute atomic E-state index is 0.0785. The van der Waals surface area contributed by atoms with Crippen molar-refractivity contribution in [2.45, 2.75) is 25.5 Å². The van der Waals surface area contributed by atoms with Crippen LogP contribution in [0.3, 0.4) is 0 Å². The van der Waals surface area contributed by atoms with Crippen LogP contribution in [0.25, 0.3) is 0 Å². The number of benzene rings is 2. The van der Waals surface area contributed by atoms with Crippen LogP contribution in [0.1, 0.15) is 29.7 Å². The number of hydrogen-bond donors (Lipinski definition) is 3. The maximum Gasteiger partial charge on any atom is 0.325 e. The Balaban J connectivity index is 1.62. The van der Waals surface area contributed by atoms with Gasteiger partial charge in [-0.3, -0.25) is 14.5 Å². The molecule has 0 aromatic heterocycles. The molecule has 0 radical (unpaired) electrons. The number of imide groups is 1. The lowest BCUT2D eigenvalue weighted by Crippen LogP contribution is -2.43. The monoisotopic (exact) mass is 433 g/mol. The second kappa shape index (κ2) is 8.41. The Hall–Kier alpha value is -2.97. The number of urea groups is 1. The summed E-state index contributed by atoms with van der Waals surface area (Å²) in [5.41, 5.74) is 0.578. The van der Waals surface area contributed by atoms with E-state index in [1.54, 1.807) is 19.1 Å². The zero-order valence-electron chi connectivity index (χ0n) is 16.4. The fourth-order valence-corrected chi connectivity index (χ4v) is 3.29. The molecule has 1 aliphatic rings. The van der Waals surface area contributed by atoms with Gasteiger partial charge in [-0.05, 0) is 37.1 Å². The SMILES string of the molecule is Cc1ccc([C@]2(C)NC(=O)N(CC(=O)NC[C@H](O)c3ccc(Cl)c(F)c3)C2=O)cc1. The Morgan fingerprint density at radius 3 is 2.57 bits per heavy atom. The standard InChI is InChI=1S/C21H21ClFN3O4/c1-12-3-6-14(7-4-12)21(2)19(29)26(20(30)25-21)11-18(28)24-10-17(27)13-5-8-15(22)16(23)9-13/h3-9,17,27H,10-11H2,1-2H3,(H,24,28)(H,25,30)/t17-,21-/m0/s1. The Morgan fingerprint density at radius 1 is 1.27 bits per heavy atom. The molecule has 3 N–H and O–H groups in total. The number of carbonyl (C=O) groups is 3. The van der Waals surface area contributed by atoms with Crippen LogP contribution in [0.15, 0.2) is 42.5 Å². The Kier molecular flexibility index (Phi) is 6.09. The van der Waals surface area contributed by atoms with Crippen molar-refractivity contribution < 1.29 is 23.9 Å². The third kappa shape index (κ3) is 4.29. The number of aliphatic hydroxyl groups excluding tert-OH is 1. The number of nitrogens with zero attached hydrogens (tertiary/aromatic N) is 1. The molecule has 158 valence electrons. The van der Waals surface area contributed by atoms with Crippen molar-refractivity contribution in [2.24, 2.45) is 0 Å². The number of amides is 4. The van der Waals surface area contributed by atoms with E-state index in [0.29, 0.717) is 5.56 Å². The number of rotatable bonds is 6. The van der Waals surface area contributed by atoms with E-state index in [0.717, 1.165) is 16.5 Å². The molecule has 1 saturated heterocycles. The first-order chi connectivity index (χ1) is 14.1. The number of aliphatic hydroxyl groups is 1. The number of carbonyl (C=O) groups excluding carboxylic acids is 3. The summed E-state index contributed by atoms with van der Waals surface area (Å²) >= 11 is 5.61. The summed E-state index contributed by atoms with van der Waals surface area (Å²) in [6.07, 6.45) is -1.18. The molecule has 1 aliphatic heterocycles. The largest absolute Gasteiger partial charge is 0.387 e. The normalized spacial score (nSPS) is 19.6. The third-order valence-electron chi connectivity index (χ3n) is 5.03. The average molecular weight is 434 g/mol. The molecule has 0 bridgehead atoms. The van der Waals surface area contributed by atoms with Gasteiger partial charge in [0.15, 0.2) is 0 Å². The van der Waals surface area contributed by atoms with Crippen molar-refractivity contribution in [3.05, 3.63) is 70.0 Å². The molecule has 9 heteroatoms. The maximum atomic E-state index is 13.5. The van der Waals surface area contributed by atoms with Crippen molar-refractivity contribution in [3.63, 3.8) is 0 Å². The van der Waals surface area contributed by atoms with Gasteiger partial charge in [0.1, 0.15) is 17.9 Å². The summed E-state index contributed by atoms with van der Waals surface area (Å²) in [6, 6.07) is 10.3. The van der Waals surface area contributed by atoms with E-state index < -0.39 is 41.9 Å². The molecule has 0 aliphatic carbocycles. The van der Waals surface area contributed by atoms with Gasteiger partial charge in [-0.25, -0.2) is 9.18 Å². The number of nitrogens with one attached hydrogen (secondary N) is 2. The highest BCUT2D eigenvalue weighted by Crippen LogP contribution is 2.29. The van der Waals surface area contributed by atoms with Crippen LogP contribution in [0, 0.1) is 12.7 Å². The van der Waals surface area contributed by atoms with E-state index in [1.807, 2.05) is 19.1 Å². The minimum Gasteiger partial charge on any atom is -0.387 e. The third-order valence-corrected chi connectivity index (χ3v) is 5.33. The molecule has 30 heavy (non-hydrogen) atoms. The van der Waals surface area contributed by atoms with Gasteiger partial charge >= 0.3 is 6.03 Å². The van der Waals surface area contributed by atoms with E-state index in [2.05, 4.69) is 10.6 Å². The van der Waals surface area contributed by atoms with E-state index >= 15 is 0 Å². The van der Waals surface area contributed by atoms with Crippen molar-refractivity contribution in [1.82, 2.24) is 15.5 Å². The first kappa shape index (κ1) is 21.7. The van der Waals surface area contributed by atoms with E-state index in [-0.39, 0.29) is 17.1 Å². The lowest BCUT2D eigenvalue weighted by Gasteiger charge is -2.22. The zero-order valence-corrected chi connectivity index (χ0v) is 17.2. The Morgan fingerprint density at radius 2 is 1.93 bits per heavy atom. The lowest BCUT2D eigenvalue weighted by molar-refractivity contribution is -0.134. The maximum absolute atomic E-state index is 13.5. The highest BCUT2D eigenvalue weighted by molar-refractivity contribution is 6.30. The van der Waals surface area contributed by atoms with E-state index in [1.165, 1.54) is 12.1 Å². The second-order valence-corrected chi connectivity index (χ2v) is 7.71. The van der Waals surface area contributed by atoms with Gasteiger partial charge < -0.3 is 15.7 Å². The van der Waals surface area contributed by atoms with Crippen LogP contribution in [-0.2, 0) is 15.1 Å². The fraction of sp³-hybridized carbons (Fsp3) is 0.286. The first-order valence-electron chi connectivity index (χ1n) is 9.23. The van der Waals surface area contributed by atoms with Crippen molar-refractivity contribution >= 4 is 29.4 Å². The molecule has 7 nitrogen and oxygen atoms in total. The molecule has 0 saturated carbocycles. The fourth-order valence-electron chi connectivity index (χ4n) is 3.17. The van der Waals surface area contributed by atoms with E-state index in [9.17, 15) is 23.9 Å². The van der Waals surface area contributed by atoms with Gasteiger partial charge in [-0.2, -0.15) is 0 Å². The summed E-state index contributed by atoms with van der Waals surface area (Å²) < 4.78 is 13.5. The number of aryl methyl sites for hydroxylation is 1. The van der Waals surface area contributed by atoms with Crippen molar-refractivity contribution in [2.75, 3.05) is 13.1 Å². The van der Waals surface area contributed by atoms with Gasteiger partial charge in [0, 0.05) is 6.54 Å². The summed E-state index contributed by atoms with van der Waals surface area (Å²) in [5.74, 6) is -1.87. The smallest absolute Gasteiger partial charge is 0.325 e. The number of halogens is 2. The summed E-state index contributed by atoms with van der Waals surface area (Å²) in [5, 5.41) is 15.1. The molecule has 3 rings (SSSR count). The molecule has 2 atom stereocenters. The molecule has 2 aromatic carbocycles. The quantitative estimate of drug-likeness (QED) is 0.609. The van der Waals surface area contributed by atoms with Crippen LogP contribution in [0.4, 0.5) is 9.18 Å². The van der Waals surface area contributed by atoms with E-state index in [4.69, 9.17) is 11.6 Å². The lowest BCUT2D eigenvalue weighted by atomic mass is 9.91. The molecule has 1 heterocycles. The topological polar surface area (TPSA) is 98.7 Å². The van der Waals surface area contributed by atoms with Crippen LogP contribution < -0.4 is 10.6 Å². The van der Waals surface area contributed by atoms with Gasteiger partial charge in [-0.15, -0.1) is 0 Å². The molecule has 0 unspecified atom stereocenters. The molecule has 4 amide bonds. The van der Waals surface area contributed by atoms with Gasteiger partial charge in [0.05, 0.1) is 11.1 Å². The summed E-state index contributed by atoms with van der Waals surface area (Å²) in [7, 11) is 0. The van der Waals surface area contributed by atoms with Crippen LogP contribution in [0.2, 0.25) is 5.02 Å². The van der Waals surface area contributed by atoms with Gasteiger partial charge in [0.25, 0.3) is 5.91 Å². The molecular formula is C21H21ClFN3O4. The van der Waals surface area contributed by atoms with Crippen LogP contribution in [0.5, 0.6) is 0 Å². The summed E-state index contributed by atoms with van der Waals surface area (Å²) in [6.45, 7) is 2.76. The molecule has 0 spiro atoms. The highest BCUT2D eigenvalue weighted by Gasteiger charge is 2.49. The second-order valence-electron chi connectivity index (χ2n) is 7.31. The van der Waals surface area contributed by atoms with Crippen LogP contribution in [-0.4, -0.2) is 40.9 Å². The Labute approximate surface area is 177 Å². The first-order valence-corrected chi connectivity index (χ1v) is 9.60. The van der Waals surface area contributed by atoms with Gasteiger partial charge in [-0.1, -0.05) is 47.5 Å². The molecular weight excluding hydrogens is 413 g/mol. The molecule has 2 aromatic rings. The number of hydrogen-bond acceptors (Lipinski definition) is 4. The van der Waals surface area contributed by atoms with Crippen molar-refractivity contribution in [1.29, 1.82) is 0 Å². The summed E-state index contributed by atoms with van der Waals surface area (Å²) in [4.78, 5) is 38.2. The van der Waals surface area contributed by atoms with Gasteiger partial charge in [0.2, 0.25) is 5.91 Å². The Bertz CT molecular complexity index is 998. The molecule has 1 fully saturated rings. The minimum atomic E-state index is -1.27. The van der Waals surface area contributed by atoms with Crippen LogP contribution >= 0.6 is 11.6 Å². The average Bonchev–Trinajstić information content (AvgIpc) is 2.92. The zero-order chi connectivity index (χ0) is 22.1. The predicted molar refractivity (Wildman–Crippen MR) is 108 cm³/mol. The highest BCUT2D eigenvalue weighted by atomic mass is 35.5. The predicted octanol–water partition coefficient (Wildman–Crippen LogP) is 2.40. The van der Waals surface area contributed by atoms with Crippen molar-refractivity contribution in [3.8, 4) is 0 Å².